The van der Waals surface area contributed by atoms with Crippen LogP contribution in [0.5, 0.6) is 0 Å². The van der Waals surface area contributed by atoms with Gasteiger partial charge in [-0.25, -0.2) is 8.42 Å². The van der Waals surface area contributed by atoms with Gasteiger partial charge in [0.15, 0.2) is 0 Å². The summed E-state index contributed by atoms with van der Waals surface area (Å²) in [5.74, 6) is -0.0308. The summed E-state index contributed by atoms with van der Waals surface area (Å²) in [4.78, 5) is 14.4. The highest BCUT2D eigenvalue weighted by molar-refractivity contribution is 9.10. The van der Waals surface area contributed by atoms with Crippen molar-refractivity contribution in [1.82, 2.24) is 14.5 Å². The molecule has 0 radical (unpaired) electrons. The first-order valence-electron chi connectivity index (χ1n) is 8.37. The molecule has 1 aliphatic heterocycles. The van der Waals surface area contributed by atoms with Gasteiger partial charge >= 0.3 is 0 Å². The molecule has 2 rings (SSSR count). The van der Waals surface area contributed by atoms with Crippen molar-refractivity contribution in [3.63, 3.8) is 0 Å². The van der Waals surface area contributed by atoms with Gasteiger partial charge in [0.05, 0.1) is 11.4 Å². The molecule has 0 aromatic heterocycles. The van der Waals surface area contributed by atoms with Crippen LogP contribution in [0.3, 0.4) is 0 Å². The Balaban J connectivity index is 1.99. The van der Waals surface area contributed by atoms with Crippen LogP contribution in [0.15, 0.2) is 33.6 Å². The van der Waals surface area contributed by atoms with E-state index in [-0.39, 0.29) is 11.4 Å². The Morgan fingerprint density at radius 2 is 1.76 bits per heavy atom. The number of rotatable bonds is 4. The summed E-state index contributed by atoms with van der Waals surface area (Å²) in [6, 6.07) is 6.68. The Bertz CT molecular complexity index is 699. The summed E-state index contributed by atoms with van der Waals surface area (Å²) < 4.78 is 27.9. The van der Waals surface area contributed by atoms with Gasteiger partial charge in [-0.1, -0.05) is 15.9 Å². The van der Waals surface area contributed by atoms with Gasteiger partial charge in [-0.15, -0.1) is 0 Å². The minimum absolute atomic E-state index is 0.0308. The Kier molecular flexibility index (Phi) is 6.64. The van der Waals surface area contributed by atoms with E-state index in [1.807, 2.05) is 25.7 Å². The zero-order chi connectivity index (χ0) is 18.7. The number of benzene rings is 1. The summed E-state index contributed by atoms with van der Waals surface area (Å²) in [6.45, 7) is 8.25. The summed E-state index contributed by atoms with van der Waals surface area (Å²) >= 11 is 3.32. The second-order valence-corrected chi connectivity index (χ2v) is 10.1. The maximum Gasteiger partial charge on any atom is 0.243 e. The molecule has 1 aromatic rings. The molecule has 140 valence electrons. The van der Waals surface area contributed by atoms with Gasteiger partial charge < -0.3 is 5.32 Å². The Labute approximate surface area is 158 Å². The van der Waals surface area contributed by atoms with E-state index in [4.69, 9.17) is 0 Å². The molecule has 0 saturated carbocycles. The van der Waals surface area contributed by atoms with Gasteiger partial charge in [-0.3, -0.25) is 9.69 Å². The number of hydrogen-bond donors (Lipinski definition) is 1. The molecule has 1 N–H and O–H groups in total. The lowest BCUT2D eigenvalue weighted by Gasteiger charge is -2.25. The number of nitrogens with zero attached hydrogens (tertiary/aromatic N) is 2. The van der Waals surface area contributed by atoms with Crippen molar-refractivity contribution in [3.05, 3.63) is 28.7 Å². The minimum atomic E-state index is -3.50. The van der Waals surface area contributed by atoms with Gasteiger partial charge in [0.1, 0.15) is 0 Å². The summed E-state index contributed by atoms with van der Waals surface area (Å²) in [5, 5.41) is 2.94. The highest BCUT2D eigenvalue weighted by atomic mass is 79.9. The van der Waals surface area contributed by atoms with Gasteiger partial charge in [0.25, 0.3) is 0 Å². The smallest absolute Gasteiger partial charge is 0.243 e. The number of hydrogen-bond acceptors (Lipinski definition) is 4. The van der Waals surface area contributed by atoms with Gasteiger partial charge in [-0.05, 0) is 58.0 Å². The van der Waals surface area contributed by atoms with Crippen LogP contribution < -0.4 is 5.32 Å². The zero-order valence-corrected chi connectivity index (χ0v) is 17.4. The molecule has 25 heavy (non-hydrogen) atoms. The molecule has 0 atom stereocenters. The van der Waals surface area contributed by atoms with Crippen molar-refractivity contribution in [3.8, 4) is 0 Å². The quantitative estimate of drug-likeness (QED) is 0.791. The molecule has 8 heteroatoms. The monoisotopic (exact) mass is 431 g/mol. The SMILES string of the molecule is CC(C)(C)NC(=O)CN1CCCN(S(=O)(=O)c2ccc(Br)cc2)CC1. The summed E-state index contributed by atoms with van der Waals surface area (Å²) in [5.41, 5.74) is -0.264. The number of carbonyl (C=O) groups excluding carboxylic acids is 1. The van der Waals surface area contributed by atoms with Crippen LogP contribution in [0.1, 0.15) is 27.2 Å². The van der Waals surface area contributed by atoms with E-state index in [2.05, 4.69) is 21.2 Å². The molecular formula is C17H26BrN3O3S. The molecule has 0 aliphatic carbocycles. The molecule has 1 aliphatic rings. The van der Waals surface area contributed by atoms with Crippen molar-refractivity contribution in [2.75, 3.05) is 32.7 Å². The zero-order valence-electron chi connectivity index (χ0n) is 15.0. The third-order valence-electron chi connectivity index (χ3n) is 3.88. The summed E-state index contributed by atoms with van der Waals surface area (Å²) in [7, 11) is -3.50. The Morgan fingerprint density at radius 3 is 2.36 bits per heavy atom. The number of halogens is 1. The van der Waals surface area contributed by atoms with E-state index in [1.54, 1.807) is 24.3 Å². The first-order valence-corrected chi connectivity index (χ1v) is 10.6. The van der Waals surface area contributed by atoms with Crippen LogP contribution >= 0.6 is 15.9 Å². The number of carbonyl (C=O) groups is 1. The topological polar surface area (TPSA) is 69.7 Å². The molecule has 0 bridgehead atoms. The molecule has 1 amide bonds. The highest BCUT2D eigenvalue weighted by Crippen LogP contribution is 2.20. The number of sulfonamides is 1. The molecule has 6 nitrogen and oxygen atoms in total. The summed E-state index contributed by atoms with van der Waals surface area (Å²) in [6.07, 6.45) is 0.707. The predicted molar refractivity (Wildman–Crippen MR) is 102 cm³/mol. The fraction of sp³-hybridized carbons (Fsp3) is 0.588. The average Bonchev–Trinajstić information content (AvgIpc) is 2.71. The van der Waals surface area contributed by atoms with Crippen molar-refractivity contribution < 1.29 is 13.2 Å². The molecule has 1 aromatic carbocycles. The first-order chi connectivity index (χ1) is 11.6. The van der Waals surface area contributed by atoms with Crippen LogP contribution in [0, 0.1) is 0 Å². The van der Waals surface area contributed by atoms with E-state index >= 15 is 0 Å². The fourth-order valence-electron chi connectivity index (χ4n) is 2.76. The normalized spacial score (nSPS) is 17.9. The third kappa shape index (κ3) is 6.06. The lowest BCUT2D eigenvalue weighted by Crippen LogP contribution is -2.46. The maximum atomic E-state index is 12.8. The van der Waals surface area contributed by atoms with E-state index in [0.717, 1.165) is 4.47 Å². The Hall–Kier alpha value is -0.960. The van der Waals surface area contributed by atoms with Crippen LogP contribution in [-0.2, 0) is 14.8 Å². The lowest BCUT2D eigenvalue weighted by atomic mass is 10.1. The third-order valence-corrected chi connectivity index (χ3v) is 6.32. The van der Waals surface area contributed by atoms with Gasteiger partial charge in [0.2, 0.25) is 15.9 Å². The van der Waals surface area contributed by atoms with Crippen molar-refractivity contribution in [2.24, 2.45) is 0 Å². The van der Waals surface area contributed by atoms with Crippen molar-refractivity contribution >= 4 is 31.9 Å². The number of nitrogens with one attached hydrogen (secondary N) is 1. The highest BCUT2D eigenvalue weighted by Gasteiger charge is 2.27. The molecule has 1 heterocycles. The first kappa shape index (κ1) is 20.4. The largest absolute Gasteiger partial charge is 0.350 e. The Morgan fingerprint density at radius 1 is 1.12 bits per heavy atom. The van der Waals surface area contributed by atoms with E-state index in [0.29, 0.717) is 44.0 Å². The number of amides is 1. The van der Waals surface area contributed by atoms with Gasteiger partial charge in [0, 0.05) is 29.6 Å². The second kappa shape index (κ2) is 8.16. The lowest BCUT2D eigenvalue weighted by molar-refractivity contribution is -0.123. The van der Waals surface area contributed by atoms with Crippen molar-refractivity contribution in [1.29, 1.82) is 0 Å². The minimum Gasteiger partial charge on any atom is -0.350 e. The van der Waals surface area contributed by atoms with Crippen LogP contribution in [0.4, 0.5) is 0 Å². The van der Waals surface area contributed by atoms with Crippen LogP contribution in [-0.4, -0.2) is 61.8 Å². The van der Waals surface area contributed by atoms with E-state index in [9.17, 15) is 13.2 Å². The maximum absolute atomic E-state index is 12.8. The van der Waals surface area contributed by atoms with Crippen molar-refractivity contribution in [2.45, 2.75) is 37.6 Å². The second-order valence-electron chi connectivity index (χ2n) is 7.29. The predicted octanol–water partition coefficient (Wildman–Crippen LogP) is 2.06. The average molecular weight is 432 g/mol. The van der Waals surface area contributed by atoms with E-state index < -0.39 is 10.0 Å². The molecule has 1 saturated heterocycles. The van der Waals surface area contributed by atoms with Crippen LogP contribution in [0.25, 0.3) is 0 Å². The van der Waals surface area contributed by atoms with Gasteiger partial charge in [-0.2, -0.15) is 4.31 Å². The molecule has 1 fully saturated rings. The molecular weight excluding hydrogens is 406 g/mol. The standard InChI is InChI=1S/C17H26BrN3O3S/c1-17(2,3)19-16(22)13-20-9-4-10-21(12-11-20)25(23,24)15-7-5-14(18)6-8-15/h5-8H,4,9-13H2,1-3H3,(H,19,22). The molecule has 0 unspecified atom stereocenters. The molecule has 0 spiro atoms. The fourth-order valence-corrected chi connectivity index (χ4v) is 4.50. The van der Waals surface area contributed by atoms with Crippen LogP contribution in [0.2, 0.25) is 0 Å². The van der Waals surface area contributed by atoms with E-state index in [1.165, 1.54) is 4.31 Å².